The predicted octanol–water partition coefficient (Wildman–Crippen LogP) is 5.43. The van der Waals surface area contributed by atoms with Crippen molar-refractivity contribution < 1.29 is 13.2 Å². The maximum atomic E-state index is 12.3. The van der Waals surface area contributed by atoms with Crippen molar-refractivity contribution in [3.8, 4) is 0 Å². The van der Waals surface area contributed by atoms with Gasteiger partial charge >= 0.3 is 0 Å². The Kier molecular flexibility index (Phi) is 8.34. The minimum absolute atomic E-state index is 0.0810. The molecule has 0 aliphatic heterocycles. The van der Waals surface area contributed by atoms with Crippen LogP contribution < -0.4 is 0 Å². The summed E-state index contributed by atoms with van der Waals surface area (Å²) in [6.45, 7) is 7.27. The molecule has 19 heavy (non-hydrogen) atoms. The Hall–Kier alpha value is -1.77. The third-order valence-electron chi connectivity index (χ3n) is 2.18. The first-order chi connectivity index (χ1) is 9.00. The maximum Gasteiger partial charge on any atom is 0.129 e. The van der Waals surface area contributed by atoms with Crippen molar-refractivity contribution in [2.24, 2.45) is 0 Å². The SMILES string of the molecule is CC.Cc1c(F)cccc1F.Cc1cccc(F)c1. The highest BCUT2D eigenvalue weighted by Gasteiger charge is 1.99. The van der Waals surface area contributed by atoms with Crippen LogP contribution in [0.3, 0.4) is 0 Å². The molecule has 2 aromatic rings. The van der Waals surface area contributed by atoms with E-state index in [4.69, 9.17) is 0 Å². The first kappa shape index (κ1) is 17.2. The molecule has 0 aliphatic carbocycles. The lowest BCUT2D eigenvalue weighted by atomic mass is 10.2. The summed E-state index contributed by atoms with van der Waals surface area (Å²) in [6.07, 6.45) is 0. The summed E-state index contributed by atoms with van der Waals surface area (Å²) < 4.78 is 36.8. The number of halogens is 3. The van der Waals surface area contributed by atoms with Crippen LogP contribution in [0.2, 0.25) is 0 Å². The first-order valence-electron chi connectivity index (χ1n) is 6.13. The fraction of sp³-hybridized carbons (Fsp3) is 0.250. The normalized spacial score (nSPS) is 8.79. The number of rotatable bonds is 0. The smallest absolute Gasteiger partial charge is 0.129 e. The van der Waals surface area contributed by atoms with E-state index in [9.17, 15) is 13.2 Å². The molecule has 0 radical (unpaired) electrons. The number of hydrogen-bond donors (Lipinski definition) is 0. The zero-order chi connectivity index (χ0) is 14.8. The number of benzene rings is 2. The van der Waals surface area contributed by atoms with E-state index in [0.29, 0.717) is 0 Å². The summed E-state index contributed by atoms with van der Waals surface area (Å²) in [6, 6.07) is 10.3. The Balaban J connectivity index is 0.000000303. The Labute approximate surface area is 112 Å². The van der Waals surface area contributed by atoms with Gasteiger partial charge in [0.15, 0.2) is 0 Å². The molecule has 2 aromatic carbocycles. The Morgan fingerprint density at radius 2 is 1.21 bits per heavy atom. The van der Waals surface area contributed by atoms with Crippen LogP contribution in [0.5, 0.6) is 0 Å². The van der Waals surface area contributed by atoms with Crippen molar-refractivity contribution in [3.63, 3.8) is 0 Å². The molecular weight excluding hydrogens is 249 g/mol. The molecule has 3 heteroatoms. The third kappa shape index (κ3) is 6.65. The van der Waals surface area contributed by atoms with Gasteiger partial charge in [-0.25, -0.2) is 13.2 Å². The monoisotopic (exact) mass is 268 g/mol. The van der Waals surface area contributed by atoms with Crippen LogP contribution in [0.25, 0.3) is 0 Å². The van der Waals surface area contributed by atoms with Gasteiger partial charge in [0.05, 0.1) is 0 Å². The highest BCUT2D eigenvalue weighted by Crippen LogP contribution is 2.08. The predicted molar refractivity (Wildman–Crippen MR) is 73.6 cm³/mol. The standard InChI is InChI=1S/C7H6F2.C7H7F.C2H6/c1-5-6(8)3-2-4-7(5)9;1-6-3-2-4-7(8)5-6;1-2/h2-4H,1H3;2-5H,1H3;1-2H3. The highest BCUT2D eigenvalue weighted by atomic mass is 19.1. The Morgan fingerprint density at radius 1 is 0.737 bits per heavy atom. The van der Waals surface area contributed by atoms with E-state index in [2.05, 4.69) is 0 Å². The molecule has 0 aromatic heterocycles. The van der Waals surface area contributed by atoms with Gasteiger partial charge < -0.3 is 0 Å². The largest absolute Gasteiger partial charge is 0.207 e. The van der Waals surface area contributed by atoms with Gasteiger partial charge in [0, 0.05) is 5.56 Å². The lowest BCUT2D eigenvalue weighted by molar-refractivity contribution is 0.568. The zero-order valence-corrected chi connectivity index (χ0v) is 11.7. The fourth-order valence-corrected chi connectivity index (χ4v) is 1.19. The van der Waals surface area contributed by atoms with Gasteiger partial charge in [-0.1, -0.05) is 32.0 Å². The average Bonchev–Trinajstić information content (AvgIpc) is 2.39. The quantitative estimate of drug-likeness (QED) is 0.597. The second kappa shape index (κ2) is 9.20. The van der Waals surface area contributed by atoms with Gasteiger partial charge in [-0.15, -0.1) is 0 Å². The van der Waals surface area contributed by atoms with Gasteiger partial charge in [-0.2, -0.15) is 0 Å². The maximum absolute atomic E-state index is 12.3. The van der Waals surface area contributed by atoms with Crippen LogP contribution in [-0.4, -0.2) is 0 Å². The lowest BCUT2D eigenvalue weighted by Gasteiger charge is -1.94. The number of hydrogen-bond acceptors (Lipinski definition) is 0. The van der Waals surface area contributed by atoms with Crippen LogP contribution >= 0.6 is 0 Å². The molecule has 0 amide bonds. The molecule has 2 rings (SSSR count). The van der Waals surface area contributed by atoms with Gasteiger partial charge in [0.1, 0.15) is 17.5 Å². The van der Waals surface area contributed by atoms with Gasteiger partial charge in [0.2, 0.25) is 0 Å². The Bertz CT molecular complexity index is 456. The summed E-state index contributed by atoms with van der Waals surface area (Å²) in [5, 5.41) is 0. The first-order valence-corrected chi connectivity index (χ1v) is 6.13. The summed E-state index contributed by atoms with van der Waals surface area (Å²) in [7, 11) is 0. The molecule has 0 bridgehead atoms. The van der Waals surface area contributed by atoms with Crippen molar-refractivity contribution in [3.05, 3.63) is 71.0 Å². The van der Waals surface area contributed by atoms with Crippen molar-refractivity contribution >= 4 is 0 Å². The van der Waals surface area contributed by atoms with Crippen LogP contribution in [0.4, 0.5) is 13.2 Å². The van der Waals surface area contributed by atoms with Crippen molar-refractivity contribution in [2.75, 3.05) is 0 Å². The highest BCUT2D eigenvalue weighted by molar-refractivity contribution is 5.17. The van der Waals surface area contributed by atoms with Gasteiger partial charge in [-0.3, -0.25) is 0 Å². The topological polar surface area (TPSA) is 0 Å². The summed E-state index contributed by atoms with van der Waals surface area (Å²) in [4.78, 5) is 0. The summed E-state index contributed by atoms with van der Waals surface area (Å²) in [5.41, 5.74) is 1.04. The van der Waals surface area contributed by atoms with Crippen LogP contribution in [-0.2, 0) is 0 Å². The van der Waals surface area contributed by atoms with Gasteiger partial charge in [-0.05, 0) is 43.7 Å². The van der Waals surface area contributed by atoms with Crippen molar-refractivity contribution in [1.82, 2.24) is 0 Å². The van der Waals surface area contributed by atoms with E-state index in [1.54, 1.807) is 6.07 Å². The van der Waals surface area contributed by atoms with E-state index < -0.39 is 11.6 Å². The van der Waals surface area contributed by atoms with E-state index >= 15 is 0 Å². The molecule has 0 unspecified atom stereocenters. The van der Waals surface area contributed by atoms with Crippen LogP contribution in [0.15, 0.2) is 42.5 Å². The molecule has 0 aliphatic rings. The molecular formula is C16H19F3. The molecule has 0 N–H and O–H groups in total. The third-order valence-corrected chi connectivity index (χ3v) is 2.18. The number of aryl methyl sites for hydroxylation is 1. The molecule has 0 fully saturated rings. The summed E-state index contributed by atoms with van der Waals surface area (Å²) in [5.74, 6) is -1.14. The van der Waals surface area contributed by atoms with Gasteiger partial charge in [0.25, 0.3) is 0 Å². The van der Waals surface area contributed by atoms with E-state index in [-0.39, 0.29) is 11.4 Å². The second-order valence-electron chi connectivity index (χ2n) is 3.65. The van der Waals surface area contributed by atoms with E-state index in [0.717, 1.165) is 5.56 Å². The van der Waals surface area contributed by atoms with Crippen LogP contribution in [0.1, 0.15) is 25.0 Å². The molecule has 0 saturated carbocycles. The average molecular weight is 268 g/mol. The lowest BCUT2D eigenvalue weighted by Crippen LogP contribution is -1.85. The van der Waals surface area contributed by atoms with E-state index in [1.165, 1.54) is 37.3 Å². The summed E-state index contributed by atoms with van der Waals surface area (Å²) >= 11 is 0. The minimum Gasteiger partial charge on any atom is -0.207 e. The van der Waals surface area contributed by atoms with E-state index in [1.807, 2.05) is 26.8 Å². The molecule has 0 nitrogen and oxygen atoms in total. The second-order valence-corrected chi connectivity index (χ2v) is 3.65. The minimum atomic E-state index is -0.491. The van der Waals surface area contributed by atoms with Crippen LogP contribution in [0, 0.1) is 31.3 Å². The van der Waals surface area contributed by atoms with Crippen molar-refractivity contribution in [2.45, 2.75) is 27.7 Å². The van der Waals surface area contributed by atoms with Crippen molar-refractivity contribution in [1.29, 1.82) is 0 Å². The zero-order valence-electron chi connectivity index (χ0n) is 11.7. The molecule has 104 valence electrons. The molecule has 0 saturated heterocycles. The fourth-order valence-electron chi connectivity index (χ4n) is 1.19. The molecule has 0 heterocycles. The molecule has 0 atom stereocenters. The molecule has 0 spiro atoms. The Morgan fingerprint density at radius 3 is 1.53 bits per heavy atom.